The Bertz CT molecular complexity index is 762. The van der Waals surface area contributed by atoms with E-state index in [1.165, 1.54) is 0 Å². The van der Waals surface area contributed by atoms with Crippen LogP contribution >= 0.6 is 0 Å². The number of fused-ring (bicyclic) bond motifs is 1. The molecule has 25 heavy (non-hydrogen) atoms. The Hall–Kier alpha value is -1.92. The van der Waals surface area contributed by atoms with E-state index in [9.17, 15) is 4.79 Å². The maximum absolute atomic E-state index is 12.6. The van der Waals surface area contributed by atoms with Crippen LogP contribution in [-0.4, -0.2) is 41.4 Å². The van der Waals surface area contributed by atoms with Crippen molar-refractivity contribution in [1.82, 2.24) is 25.7 Å². The summed E-state index contributed by atoms with van der Waals surface area (Å²) in [6, 6.07) is 8.14. The molecule has 2 fully saturated rings. The van der Waals surface area contributed by atoms with E-state index in [1.54, 1.807) is 0 Å². The molecule has 1 atom stereocenters. The number of carbonyl (C=O) groups excluding carboxylic acids is 1. The Morgan fingerprint density at radius 2 is 2.16 bits per heavy atom. The van der Waals surface area contributed by atoms with Gasteiger partial charge in [-0.3, -0.25) is 9.48 Å². The molecule has 2 aliphatic heterocycles. The molecule has 1 aromatic carbocycles. The zero-order valence-electron chi connectivity index (χ0n) is 14.8. The van der Waals surface area contributed by atoms with E-state index in [1.807, 2.05) is 16.8 Å². The molecule has 3 N–H and O–H groups in total. The smallest absolute Gasteiger partial charge is 0.237 e. The van der Waals surface area contributed by atoms with Gasteiger partial charge in [-0.05, 0) is 50.8 Å². The molecule has 0 unspecified atom stereocenters. The number of rotatable bonds is 4. The number of nitrogens with zero attached hydrogens (tertiary/aromatic N) is 2. The third kappa shape index (κ3) is 3.16. The minimum absolute atomic E-state index is 0.0716. The fourth-order valence-corrected chi connectivity index (χ4v) is 4.30. The second-order valence-corrected chi connectivity index (χ2v) is 7.39. The molecule has 2 aliphatic rings. The predicted molar refractivity (Wildman–Crippen MR) is 98.2 cm³/mol. The lowest BCUT2D eigenvalue weighted by molar-refractivity contribution is -0.123. The maximum atomic E-state index is 12.6. The number of amides is 1. The number of aromatic nitrogens is 2. The molecule has 134 valence electrons. The summed E-state index contributed by atoms with van der Waals surface area (Å²) in [5.74, 6) is 0.102. The van der Waals surface area contributed by atoms with Crippen LogP contribution in [0.1, 0.15) is 31.9 Å². The van der Waals surface area contributed by atoms with Crippen molar-refractivity contribution in [2.75, 3.05) is 19.6 Å². The molecule has 4 rings (SSSR count). The van der Waals surface area contributed by atoms with E-state index < -0.39 is 0 Å². The fourth-order valence-electron chi connectivity index (χ4n) is 4.30. The summed E-state index contributed by atoms with van der Waals surface area (Å²) in [5.41, 5.74) is 2.38. The molecule has 0 bridgehead atoms. The molecule has 2 saturated heterocycles. The van der Waals surface area contributed by atoms with Gasteiger partial charge in [0.1, 0.15) is 0 Å². The zero-order chi connectivity index (χ0) is 17.3. The van der Waals surface area contributed by atoms with Gasteiger partial charge in [0.25, 0.3) is 0 Å². The number of carbonyl (C=O) groups is 1. The molecule has 1 spiro atoms. The summed E-state index contributed by atoms with van der Waals surface area (Å²) >= 11 is 0. The molecule has 0 radical (unpaired) electrons. The van der Waals surface area contributed by atoms with Gasteiger partial charge in [0, 0.05) is 18.5 Å². The maximum Gasteiger partial charge on any atom is 0.237 e. The quantitative estimate of drug-likeness (QED) is 0.786. The first-order chi connectivity index (χ1) is 12.2. The van der Waals surface area contributed by atoms with E-state index in [0.717, 1.165) is 62.0 Å². The van der Waals surface area contributed by atoms with Crippen molar-refractivity contribution in [3.05, 3.63) is 30.0 Å². The highest BCUT2D eigenvalue weighted by molar-refractivity contribution is 5.84. The molecule has 1 amide bonds. The highest BCUT2D eigenvalue weighted by Gasteiger charge is 2.42. The fraction of sp³-hybridized carbons (Fsp3) is 0.579. The van der Waals surface area contributed by atoms with Gasteiger partial charge in [-0.25, -0.2) is 0 Å². The van der Waals surface area contributed by atoms with Gasteiger partial charge in [-0.1, -0.05) is 18.2 Å². The van der Waals surface area contributed by atoms with Crippen LogP contribution in [0.15, 0.2) is 24.3 Å². The largest absolute Gasteiger partial charge is 0.349 e. The van der Waals surface area contributed by atoms with Crippen molar-refractivity contribution < 1.29 is 4.79 Å². The van der Waals surface area contributed by atoms with Gasteiger partial charge in [-0.2, -0.15) is 5.10 Å². The van der Waals surface area contributed by atoms with E-state index in [2.05, 4.69) is 40.1 Å². The molecule has 6 heteroatoms. The second-order valence-electron chi connectivity index (χ2n) is 7.39. The third-order valence-corrected chi connectivity index (χ3v) is 5.81. The molecule has 6 nitrogen and oxygen atoms in total. The van der Waals surface area contributed by atoms with E-state index in [0.29, 0.717) is 12.0 Å². The number of hydrogen-bond acceptors (Lipinski definition) is 4. The highest BCUT2D eigenvalue weighted by Crippen LogP contribution is 2.37. The van der Waals surface area contributed by atoms with Crippen LogP contribution in [0.25, 0.3) is 10.9 Å². The van der Waals surface area contributed by atoms with Crippen LogP contribution in [0.4, 0.5) is 0 Å². The lowest BCUT2D eigenvalue weighted by Crippen LogP contribution is -2.40. The van der Waals surface area contributed by atoms with Crippen LogP contribution in [0.2, 0.25) is 0 Å². The average Bonchev–Trinajstić information content (AvgIpc) is 3.22. The number of piperidine rings is 1. The van der Waals surface area contributed by atoms with E-state index in [4.69, 9.17) is 0 Å². The predicted octanol–water partition coefficient (Wildman–Crippen LogP) is 1.40. The molecular weight excluding hydrogens is 314 g/mol. The van der Waals surface area contributed by atoms with Gasteiger partial charge >= 0.3 is 0 Å². The van der Waals surface area contributed by atoms with Crippen molar-refractivity contribution >= 4 is 16.8 Å². The lowest BCUT2D eigenvalue weighted by atomic mass is 9.77. The van der Waals surface area contributed by atoms with E-state index >= 15 is 0 Å². The van der Waals surface area contributed by atoms with Crippen LogP contribution in [0.5, 0.6) is 0 Å². The molecular formula is C19H27N5O. The molecule has 0 saturated carbocycles. The third-order valence-electron chi connectivity index (χ3n) is 5.81. The number of aryl methyl sites for hydroxylation is 1. The van der Waals surface area contributed by atoms with Crippen LogP contribution < -0.4 is 16.0 Å². The minimum atomic E-state index is -0.0716. The van der Waals surface area contributed by atoms with Crippen LogP contribution in [-0.2, 0) is 17.9 Å². The topological polar surface area (TPSA) is 71.0 Å². The summed E-state index contributed by atoms with van der Waals surface area (Å²) in [7, 11) is 0. The van der Waals surface area contributed by atoms with Gasteiger partial charge in [0.2, 0.25) is 5.91 Å². The first kappa shape index (κ1) is 16.5. The number of hydrogen-bond donors (Lipinski definition) is 3. The van der Waals surface area contributed by atoms with Crippen LogP contribution in [0, 0.1) is 5.41 Å². The minimum Gasteiger partial charge on any atom is -0.349 e. The average molecular weight is 341 g/mol. The van der Waals surface area contributed by atoms with Gasteiger partial charge in [-0.15, -0.1) is 0 Å². The Kier molecular flexibility index (Phi) is 4.48. The van der Waals surface area contributed by atoms with E-state index in [-0.39, 0.29) is 11.9 Å². The highest BCUT2D eigenvalue weighted by atomic mass is 16.2. The zero-order valence-corrected chi connectivity index (χ0v) is 14.8. The van der Waals surface area contributed by atoms with Crippen LogP contribution in [0.3, 0.4) is 0 Å². The van der Waals surface area contributed by atoms with Crippen molar-refractivity contribution in [1.29, 1.82) is 0 Å². The standard InChI is InChI=1S/C19H27N5O/c1-2-24-17-6-4-3-5-14(17)16(23-24)12-21-18(25)15-11-19(13-22-15)7-9-20-10-8-19/h3-6,15,20,22H,2,7-13H2,1H3,(H,21,25)/t15-/m0/s1. The van der Waals surface area contributed by atoms with Crippen molar-refractivity contribution in [2.45, 2.75) is 45.3 Å². The Morgan fingerprint density at radius 1 is 1.36 bits per heavy atom. The Labute approximate surface area is 148 Å². The van der Waals surface area contributed by atoms with Gasteiger partial charge in [0.15, 0.2) is 0 Å². The summed E-state index contributed by atoms with van der Waals surface area (Å²) in [6.45, 7) is 6.49. The Morgan fingerprint density at radius 3 is 2.96 bits per heavy atom. The van der Waals surface area contributed by atoms with Gasteiger partial charge < -0.3 is 16.0 Å². The number of nitrogens with one attached hydrogen (secondary N) is 3. The first-order valence-electron chi connectivity index (χ1n) is 9.37. The monoisotopic (exact) mass is 341 g/mol. The lowest BCUT2D eigenvalue weighted by Gasteiger charge is -2.33. The summed E-state index contributed by atoms with van der Waals surface area (Å²) in [5, 5.41) is 15.7. The second kappa shape index (κ2) is 6.77. The summed E-state index contributed by atoms with van der Waals surface area (Å²) in [6.07, 6.45) is 3.27. The normalized spacial score (nSPS) is 22.5. The molecule has 2 aromatic rings. The Balaban J connectivity index is 1.41. The molecule has 3 heterocycles. The number of para-hydroxylation sites is 1. The first-order valence-corrected chi connectivity index (χ1v) is 9.37. The SMILES string of the molecule is CCn1nc(CNC(=O)[C@@H]2CC3(CCNCC3)CN2)c2ccccc21. The van der Waals surface area contributed by atoms with Crippen molar-refractivity contribution in [2.24, 2.45) is 5.41 Å². The van der Waals surface area contributed by atoms with Gasteiger partial charge in [0.05, 0.1) is 23.8 Å². The summed E-state index contributed by atoms with van der Waals surface area (Å²) in [4.78, 5) is 12.6. The van der Waals surface area contributed by atoms with Crippen molar-refractivity contribution in [3.63, 3.8) is 0 Å². The number of benzene rings is 1. The summed E-state index contributed by atoms with van der Waals surface area (Å²) < 4.78 is 1.99. The molecule has 0 aliphatic carbocycles. The van der Waals surface area contributed by atoms with Crippen molar-refractivity contribution in [3.8, 4) is 0 Å². The molecule has 1 aromatic heterocycles.